The second-order valence-electron chi connectivity index (χ2n) is 7.67. The second-order valence-corrected chi connectivity index (χ2v) is 7.67. The lowest BCUT2D eigenvalue weighted by molar-refractivity contribution is -0.138. The molecule has 37 heavy (non-hydrogen) atoms. The predicted molar refractivity (Wildman–Crippen MR) is 127 cm³/mol. The number of amides is 4. The van der Waals surface area contributed by atoms with Crippen molar-refractivity contribution in [3.8, 4) is 0 Å². The maximum Gasteiger partial charge on any atom is 0.303 e. The molecule has 212 valence electrons. The number of hydrogen-bond acceptors (Lipinski definition) is 10. The van der Waals surface area contributed by atoms with Crippen molar-refractivity contribution in [2.75, 3.05) is 65.9 Å². The predicted octanol–water partition coefficient (Wildman–Crippen LogP) is -2.90. The molecule has 0 aromatic carbocycles. The van der Waals surface area contributed by atoms with Gasteiger partial charge in [0, 0.05) is 32.4 Å². The lowest BCUT2D eigenvalue weighted by atomic mass is 10.1. The van der Waals surface area contributed by atoms with Gasteiger partial charge in [-0.25, -0.2) is 0 Å². The minimum Gasteiger partial charge on any atom is -0.481 e. The molecule has 0 aromatic rings. The number of carbonyl (C=O) groups is 6. The summed E-state index contributed by atoms with van der Waals surface area (Å²) in [6.45, 7) is 1.91. The molecule has 0 aliphatic heterocycles. The topological polar surface area (TPSA) is 219 Å². The number of aliphatic carboxylic acids is 1. The fourth-order valence-corrected chi connectivity index (χ4v) is 2.54. The van der Waals surface area contributed by atoms with Crippen LogP contribution in [0.25, 0.3) is 0 Å². The SMILES string of the molecule is CC(=O)CCOCCOCCNC(=O)C(CCC(=O)O)NC(=O)CNC(=O)CCOCCNC(=O)CO. The third kappa shape index (κ3) is 21.8. The lowest BCUT2D eigenvalue weighted by Crippen LogP contribution is -2.50. The number of Topliss-reactive ketones (excluding diaryl/α,β-unsaturated/α-hetero) is 1. The van der Waals surface area contributed by atoms with Crippen molar-refractivity contribution in [2.24, 2.45) is 0 Å². The van der Waals surface area contributed by atoms with Crippen LogP contribution in [-0.4, -0.2) is 118 Å². The van der Waals surface area contributed by atoms with Gasteiger partial charge in [-0.2, -0.15) is 0 Å². The van der Waals surface area contributed by atoms with Crippen LogP contribution in [0, 0.1) is 0 Å². The molecule has 0 aliphatic carbocycles. The Kier molecular flexibility index (Phi) is 20.2. The number of aliphatic hydroxyl groups excluding tert-OH is 1. The molecule has 0 rings (SSSR count). The first-order valence-corrected chi connectivity index (χ1v) is 11.8. The summed E-state index contributed by atoms with van der Waals surface area (Å²) < 4.78 is 15.6. The van der Waals surface area contributed by atoms with Crippen molar-refractivity contribution < 1.29 is 53.2 Å². The molecule has 0 aliphatic rings. The van der Waals surface area contributed by atoms with Gasteiger partial charge < -0.3 is 45.7 Å². The van der Waals surface area contributed by atoms with Crippen LogP contribution in [0.4, 0.5) is 0 Å². The Labute approximate surface area is 215 Å². The van der Waals surface area contributed by atoms with Gasteiger partial charge in [0.1, 0.15) is 18.4 Å². The first kappa shape index (κ1) is 33.9. The average Bonchev–Trinajstić information content (AvgIpc) is 2.85. The van der Waals surface area contributed by atoms with Gasteiger partial charge in [-0.3, -0.25) is 28.8 Å². The normalized spacial score (nSPS) is 11.3. The molecule has 0 radical (unpaired) electrons. The van der Waals surface area contributed by atoms with E-state index in [-0.39, 0.29) is 64.6 Å². The molecule has 0 aromatic heterocycles. The Hall–Kier alpha value is -3.14. The average molecular weight is 535 g/mol. The molecule has 15 heteroatoms. The van der Waals surface area contributed by atoms with Crippen LogP contribution in [0.2, 0.25) is 0 Å². The molecule has 0 bridgehead atoms. The summed E-state index contributed by atoms with van der Waals surface area (Å²) in [7, 11) is 0. The molecule has 0 saturated heterocycles. The lowest BCUT2D eigenvalue weighted by Gasteiger charge is -2.18. The Balaban J connectivity index is 4.19. The third-order valence-electron chi connectivity index (χ3n) is 4.45. The fourth-order valence-electron chi connectivity index (χ4n) is 2.54. The highest BCUT2D eigenvalue weighted by molar-refractivity contribution is 5.90. The number of aliphatic hydroxyl groups is 1. The molecular weight excluding hydrogens is 496 g/mol. The number of carbonyl (C=O) groups excluding carboxylic acids is 5. The maximum absolute atomic E-state index is 12.4. The van der Waals surface area contributed by atoms with E-state index in [1.54, 1.807) is 0 Å². The van der Waals surface area contributed by atoms with E-state index in [0.29, 0.717) is 19.6 Å². The second kappa shape index (κ2) is 22.1. The van der Waals surface area contributed by atoms with Crippen LogP contribution in [0.1, 0.15) is 32.6 Å². The quantitative estimate of drug-likeness (QED) is 0.0730. The van der Waals surface area contributed by atoms with Gasteiger partial charge in [-0.1, -0.05) is 0 Å². The van der Waals surface area contributed by atoms with E-state index in [0.717, 1.165) is 0 Å². The number of rotatable bonds is 23. The third-order valence-corrected chi connectivity index (χ3v) is 4.45. The van der Waals surface area contributed by atoms with E-state index in [1.807, 2.05) is 0 Å². The smallest absolute Gasteiger partial charge is 0.303 e. The molecule has 15 nitrogen and oxygen atoms in total. The molecule has 6 N–H and O–H groups in total. The van der Waals surface area contributed by atoms with Gasteiger partial charge in [-0.15, -0.1) is 0 Å². The van der Waals surface area contributed by atoms with Gasteiger partial charge in [-0.05, 0) is 13.3 Å². The number of nitrogens with one attached hydrogen (secondary N) is 4. The van der Waals surface area contributed by atoms with Crippen LogP contribution < -0.4 is 21.3 Å². The van der Waals surface area contributed by atoms with E-state index < -0.39 is 48.8 Å². The summed E-state index contributed by atoms with van der Waals surface area (Å²) in [5.41, 5.74) is 0. The van der Waals surface area contributed by atoms with Crippen LogP contribution >= 0.6 is 0 Å². The summed E-state index contributed by atoms with van der Waals surface area (Å²) in [5, 5.41) is 27.1. The number of ether oxygens (including phenoxy) is 3. The van der Waals surface area contributed by atoms with Crippen molar-refractivity contribution in [2.45, 2.75) is 38.6 Å². The van der Waals surface area contributed by atoms with Crippen molar-refractivity contribution >= 4 is 35.4 Å². The van der Waals surface area contributed by atoms with Crippen molar-refractivity contribution in [1.29, 1.82) is 0 Å². The zero-order valence-corrected chi connectivity index (χ0v) is 21.0. The zero-order valence-electron chi connectivity index (χ0n) is 21.0. The summed E-state index contributed by atoms with van der Waals surface area (Å²) in [6, 6.07) is -1.12. The first-order chi connectivity index (χ1) is 17.6. The number of ketones is 1. The minimum atomic E-state index is -1.13. The van der Waals surface area contributed by atoms with Gasteiger partial charge in [0.25, 0.3) is 0 Å². The van der Waals surface area contributed by atoms with Crippen molar-refractivity contribution in [1.82, 2.24) is 21.3 Å². The van der Waals surface area contributed by atoms with E-state index >= 15 is 0 Å². The Morgan fingerprint density at radius 1 is 0.703 bits per heavy atom. The van der Waals surface area contributed by atoms with Crippen molar-refractivity contribution in [3.63, 3.8) is 0 Å². The molecule has 0 fully saturated rings. The van der Waals surface area contributed by atoms with Crippen molar-refractivity contribution in [3.05, 3.63) is 0 Å². The standard InChI is InChI=1S/C22H38N4O11/c1-16(28)4-8-36-12-13-37-11-7-24-22(34)17(2-3-21(32)33)26-19(30)14-25-18(29)5-9-35-10-6-23-20(31)15-27/h17,27H,2-15H2,1H3,(H,23,31)(H,24,34)(H,25,29)(H,26,30)(H,32,33). The molecule has 1 atom stereocenters. The maximum atomic E-state index is 12.4. The van der Waals surface area contributed by atoms with Crippen LogP contribution in [-0.2, 0) is 43.0 Å². The number of hydrogen-bond donors (Lipinski definition) is 6. The Morgan fingerprint density at radius 3 is 1.92 bits per heavy atom. The van der Waals surface area contributed by atoms with Gasteiger partial charge in [0.2, 0.25) is 23.6 Å². The number of carboxylic acid groups (broad SMARTS) is 1. The monoisotopic (exact) mass is 534 g/mol. The fraction of sp³-hybridized carbons (Fsp3) is 0.727. The molecule has 1 unspecified atom stereocenters. The first-order valence-electron chi connectivity index (χ1n) is 11.8. The highest BCUT2D eigenvalue weighted by Crippen LogP contribution is 1.98. The summed E-state index contributed by atoms with van der Waals surface area (Å²) >= 11 is 0. The zero-order chi connectivity index (χ0) is 27.9. The Bertz CT molecular complexity index is 733. The van der Waals surface area contributed by atoms with E-state index in [1.165, 1.54) is 6.92 Å². The van der Waals surface area contributed by atoms with Gasteiger partial charge in [0.15, 0.2) is 0 Å². The Morgan fingerprint density at radius 2 is 1.30 bits per heavy atom. The van der Waals surface area contributed by atoms with Crippen LogP contribution in [0.5, 0.6) is 0 Å². The highest BCUT2D eigenvalue weighted by Gasteiger charge is 2.21. The van der Waals surface area contributed by atoms with Crippen LogP contribution in [0.15, 0.2) is 0 Å². The molecular formula is C22H38N4O11. The van der Waals surface area contributed by atoms with Gasteiger partial charge in [0.05, 0.1) is 46.2 Å². The van der Waals surface area contributed by atoms with E-state index in [4.69, 9.17) is 24.4 Å². The summed E-state index contributed by atoms with van der Waals surface area (Å²) in [4.78, 5) is 68.9. The van der Waals surface area contributed by atoms with E-state index in [9.17, 15) is 28.8 Å². The minimum absolute atomic E-state index is 0.0284. The molecule has 0 heterocycles. The number of carboxylic acids is 1. The largest absolute Gasteiger partial charge is 0.481 e. The molecule has 4 amide bonds. The molecule has 0 saturated carbocycles. The molecule has 0 spiro atoms. The van der Waals surface area contributed by atoms with Gasteiger partial charge >= 0.3 is 5.97 Å². The summed E-state index contributed by atoms with van der Waals surface area (Å²) in [5.74, 6) is -3.40. The van der Waals surface area contributed by atoms with E-state index in [2.05, 4.69) is 21.3 Å². The highest BCUT2D eigenvalue weighted by atomic mass is 16.5. The van der Waals surface area contributed by atoms with Crippen LogP contribution in [0.3, 0.4) is 0 Å². The summed E-state index contributed by atoms with van der Waals surface area (Å²) in [6.07, 6.45) is -0.223.